The zero-order valence-corrected chi connectivity index (χ0v) is 11.3. The molecule has 0 saturated heterocycles. The second-order valence-electron chi connectivity index (χ2n) is 4.28. The van der Waals surface area contributed by atoms with Crippen LogP contribution in [0.4, 0.5) is 4.79 Å². The number of ether oxygens (including phenoxy) is 1. The van der Waals surface area contributed by atoms with Crippen LogP contribution in [0.2, 0.25) is 0 Å². The van der Waals surface area contributed by atoms with E-state index < -0.39 is 0 Å². The molecule has 2 N–H and O–H groups in total. The van der Waals surface area contributed by atoms with Gasteiger partial charge in [-0.1, -0.05) is 30.3 Å². The average Bonchev–Trinajstić information content (AvgIpc) is 3.00. The second-order valence-corrected chi connectivity index (χ2v) is 4.28. The molecule has 0 fully saturated rings. The van der Waals surface area contributed by atoms with E-state index in [0.717, 1.165) is 5.56 Å². The summed E-state index contributed by atoms with van der Waals surface area (Å²) in [5.41, 5.74) is 1.03. The molecule has 2 aromatic rings. The SMILES string of the molecule is COC(CNC(=O)NCc1ccco1)c1ccccc1. The van der Waals surface area contributed by atoms with E-state index in [0.29, 0.717) is 18.8 Å². The Kier molecular flexibility index (Phi) is 5.20. The molecule has 0 aliphatic rings. The number of carbonyl (C=O) groups excluding carboxylic acids is 1. The van der Waals surface area contributed by atoms with E-state index in [4.69, 9.17) is 9.15 Å². The van der Waals surface area contributed by atoms with Crippen LogP contribution in [0.5, 0.6) is 0 Å². The van der Waals surface area contributed by atoms with Gasteiger partial charge in [0.15, 0.2) is 0 Å². The number of urea groups is 1. The van der Waals surface area contributed by atoms with Gasteiger partial charge in [0, 0.05) is 13.7 Å². The first-order chi connectivity index (χ1) is 9.79. The molecule has 5 nitrogen and oxygen atoms in total. The molecule has 0 radical (unpaired) electrons. The second kappa shape index (κ2) is 7.35. The standard InChI is InChI=1S/C15H18N2O3/c1-19-14(12-6-3-2-4-7-12)11-17-15(18)16-10-13-8-5-9-20-13/h2-9,14H,10-11H2,1H3,(H2,16,17,18). The Morgan fingerprint density at radius 3 is 2.65 bits per heavy atom. The Labute approximate surface area is 117 Å². The summed E-state index contributed by atoms with van der Waals surface area (Å²) >= 11 is 0. The molecular weight excluding hydrogens is 256 g/mol. The van der Waals surface area contributed by atoms with Crippen molar-refractivity contribution in [2.24, 2.45) is 0 Å². The van der Waals surface area contributed by atoms with Gasteiger partial charge in [-0.05, 0) is 17.7 Å². The Morgan fingerprint density at radius 1 is 1.20 bits per heavy atom. The maximum atomic E-state index is 11.7. The lowest BCUT2D eigenvalue weighted by Crippen LogP contribution is -2.37. The van der Waals surface area contributed by atoms with E-state index in [1.807, 2.05) is 36.4 Å². The third kappa shape index (κ3) is 4.13. The lowest BCUT2D eigenvalue weighted by atomic mass is 10.1. The first kappa shape index (κ1) is 14.1. The highest BCUT2D eigenvalue weighted by Gasteiger charge is 2.11. The summed E-state index contributed by atoms with van der Waals surface area (Å²) in [6, 6.07) is 13.1. The number of hydrogen-bond donors (Lipinski definition) is 2. The average molecular weight is 274 g/mol. The maximum absolute atomic E-state index is 11.7. The highest BCUT2D eigenvalue weighted by molar-refractivity contribution is 5.73. The van der Waals surface area contributed by atoms with E-state index >= 15 is 0 Å². The number of benzene rings is 1. The van der Waals surface area contributed by atoms with E-state index in [-0.39, 0.29) is 12.1 Å². The van der Waals surface area contributed by atoms with Gasteiger partial charge in [0.05, 0.1) is 18.9 Å². The predicted octanol–water partition coefficient (Wildman–Crippen LogP) is 2.47. The number of hydrogen-bond acceptors (Lipinski definition) is 3. The molecule has 1 atom stereocenters. The fourth-order valence-corrected chi connectivity index (χ4v) is 1.83. The van der Waals surface area contributed by atoms with E-state index in [9.17, 15) is 4.79 Å². The van der Waals surface area contributed by atoms with Crippen molar-refractivity contribution >= 4 is 6.03 Å². The smallest absolute Gasteiger partial charge is 0.315 e. The molecule has 2 rings (SSSR count). The molecule has 1 unspecified atom stereocenters. The summed E-state index contributed by atoms with van der Waals surface area (Å²) in [5.74, 6) is 0.714. The Morgan fingerprint density at radius 2 is 2.00 bits per heavy atom. The van der Waals surface area contributed by atoms with Crippen molar-refractivity contribution in [1.29, 1.82) is 0 Å². The van der Waals surface area contributed by atoms with E-state index in [1.54, 1.807) is 19.4 Å². The zero-order valence-electron chi connectivity index (χ0n) is 11.3. The summed E-state index contributed by atoms with van der Waals surface area (Å²) in [6.45, 7) is 0.770. The molecule has 1 heterocycles. The molecule has 0 saturated carbocycles. The first-order valence-electron chi connectivity index (χ1n) is 6.41. The topological polar surface area (TPSA) is 63.5 Å². The van der Waals surface area contributed by atoms with Gasteiger partial charge in [-0.3, -0.25) is 0 Å². The maximum Gasteiger partial charge on any atom is 0.315 e. The number of carbonyl (C=O) groups is 1. The lowest BCUT2D eigenvalue weighted by molar-refractivity contribution is 0.104. The summed E-state index contributed by atoms with van der Waals surface area (Å²) in [5, 5.41) is 5.49. The van der Waals surface area contributed by atoms with Gasteiger partial charge in [-0.2, -0.15) is 0 Å². The van der Waals surface area contributed by atoms with Gasteiger partial charge in [0.1, 0.15) is 5.76 Å². The van der Waals surface area contributed by atoms with Crippen LogP contribution in [-0.4, -0.2) is 19.7 Å². The highest BCUT2D eigenvalue weighted by atomic mass is 16.5. The van der Waals surface area contributed by atoms with Crippen LogP contribution in [0.15, 0.2) is 53.1 Å². The molecule has 2 amide bonds. The lowest BCUT2D eigenvalue weighted by Gasteiger charge is -2.16. The van der Waals surface area contributed by atoms with E-state index in [1.165, 1.54) is 0 Å². The molecule has 106 valence electrons. The number of methoxy groups -OCH3 is 1. The zero-order chi connectivity index (χ0) is 14.2. The highest BCUT2D eigenvalue weighted by Crippen LogP contribution is 2.14. The number of furan rings is 1. The largest absolute Gasteiger partial charge is 0.467 e. The van der Waals surface area contributed by atoms with Gasteiger partial charge in [0.2, 0.25) is 0 Å². The summed E-state index contributed by atoms with van der Waals surface area (Å²) < 4.78 is 10.5. The third-order valence-corrected chi connectivity index (χ3v) is 2.91. The molecule has 0 spiro atoms. The fraction of sp³-hybridized carbons (Fsp3) is 0.267. The normalized spacial score (nSPS) is 11.8. The third-order valence-electron chi connectivity index (χ3n) is 2.91. The van der Waals surface area contributed by atoms with Crippen LogP contribution in [0.1, 0.15) is 17.4 Å². The first-order valence-corrected chi connectivity index (χ1v) is 6.41. The van der Waals surface area contributed by atoms with Gasteiger partial charge in [-0.15, -0.1) is 0 Å². The molecule has 0 bridgehead atoms. The molecule has 1 aromatic carbocycles. The van der Waals surface area contributed by atoms with Crippen molar-refractivity contribution in [2.75, 3.05) is 13.7 Å². The Balaban J connectivity index is 1.77. The van der Waals surface area contributed by atoms with Crippen molar-refractivity contribution in [3.8, 4) is 0 Å². The van der Waals surface area contributed by atoms with Crippen LogP contribution in [0, 0.1) is 0 Å². The van der Waals surface area contributed by atoms with Crippen LogP contribution < -0.4 is 10.6 Å². The van der Waals surface area contributed by atoms with Crippen LogP contribution in [0.25, 0.3) is 0 Å². The molecule has 1 aromatic heterocycles. The van der Waals surface area contributed by atoms with E-state index in [2.05, 4.69) is 10.6 Å². The van der Waals surface area contributed by atoms with Gasteiger partial charge < -0.3 is 19.8 Å². The minimum atomic E-state index is -0.251. The van der Waals surface area contributed by atoms with Gasteiger partial charge >= 0.3 is 6.03 Å². The van der Waals surface area contributed by atoms with Crippen LogP contribution in [0.3, 0.4) is 0 Å². The van der Waals surface area contributed by atoms with Crippen LogP contribution >= 0.6 is 0 Å². The summed E-state index contributed by atoms with van der Waals surface area (Å²) in [7, 11) is 1.63. The Bertz CT molecular complexity index is 511. The summed E-state index contributed by atoms with van der Waals surface area (Å²) in [6.07, 6.45) is 1.41. The number of amides is 2. The molecule has 0 aliphatic heterocycles. The molecule has 0 aliphatic carbocycles. The minimum Gasteiger partial charge on any atom is -0.467 e. The van der Waals surface area contributed by atoms with Gasteiger partial charge in [-0.25, -0.2) is 4.79 Å². The number of rotatable bonds is 6. The molecule has 5 heteroatoms. The summed E-state index contributed by atoms with van der Waals surface area (Å²) in [4.78, 5) is 11.7. The Hall–Kier alpha value is -2.27. The fourth-order valence-electron chi connectivity index (χ4n) is 1.83. The molecule has 20 heavy (non-hydrogen) atoms. The van der Waals surface area contributed by atoms with Crippen molar-refractivity contribution in [1.82, 2.24) is 10.6 Å². The van der Waals surface area contributed by atoms with Crippen molar-refractivity contribution in [3.05, 3.63) is 60.1 Å². The van der Waals surface area contributed by atoms with Crippen molar-refractivity contribution < 1.29 is 13.9 Å². The predicted molar refractivity (Wildman–Crippen MR) is 75.1 cm³/mol. The quantitative estimate of drug-likeness (QED) is 0.850. The minimum absolute atomic E-state index is 0.162. The van der Waals surface area contributed by atoms with Crippen molar-refractivity contribution in [3.63, 3.8) is 0 Å². The number of nitrogens with one attached hydrogen (secondary N) is 2. The molecular formula is C15H18N2O3. The van der Waals surface area contributed by atoms with Crippen LogP contribution in [-0.2, 0) is 11.3 Å². The van der Waals surface area contributed by atoms with Crippen molar-refractivity contribution in [2.45, 2.75) is 12.6 Å². The monoisotopic (exact) mass is 274 g/mol. The van der Waals surface area contributed by atoms with Gasteiger partial charge in [0.25, 0.3) is 0 Å².